The lowest BCUT2D eigenvalue weighted by Crippen LogP contribution is -2.09. The van der Waals surface area contributed by atoms with Crippen LogP contribution < -0.4 is 10.8 Å². The molecule has 0 saturated heterocycles. The molecule has 0 fully saturated rings. The number of para-hydroxylation sites is 1. The van der Waals surface area contributed by atoms with Gasteiger partial charge in [-0.2, -0.15) is 5.10 Å². The van der Waals surface area contributed by atoms with Crippen LogP contribution in [-0.4, -0.2) is 25.5 Å². The normalized spacial score (nSPS) is 11.7. The number of nitrogens with one attached hydrogen (secondary N) is 1. The highest BCUT2D eigenvalue weighted by Crippen LogP contribution is 2.39. The van der Waals surface area contributed by atoms with Crippen LogP contribution in [0.3, 0.4) is 0 Å². The van der Waals surface area contributed by atoms with Gasteiger partial charge in [0.15, 0.2) is 11.5 Å². The quantitative estimate of drug-likeness (QED) is 0.293. The summed E-state index contributed by atoms with van der Waals surface area (Å²) in [5.41, 5.74) is 3.53. The van der Waals surface area contributed by atoms with E-state index in [-0.39, 0.29) is 50.6 Å². The first kappa shape index (κ1) is 18.1. The molecule has 0 aliphatic carbocycles. The Balaban J connectivity index is 2.03. The van der Waals surface area contributed by atoms with E-state index in [9.17, 15) is 25.5 Å². The van der Waals surface area contributed by atoms with Gasteiger partial charge in [-0.15, -0.1) is 0 Å². The average molecular weight is 392 g/mol. The van der Waals surface area contributed by atoms with Gasteiger partial charge in [0.1, 0.15) is 33.9 Å². The summed E-state index contributed by atoms with van der Waals surface area (Å²) in [4.78, 5) is 0. The van der Waals surface area contributed by atoms with Gasteiger partial charge >= 0.3 is 0 Å². The molecule has 0 amide bonds. The molecule has 4 aromatic rings. The molecule has 0 aliphatic rings. The molecule has 29 heavy (non-hydrogen) atoms. The molecule has 3 aromatic carbocycles. The van der Waals surface area contributed by atoms with E-state index in [1.54, 1.807) is 24.3 Å². The van der Waals surface area contributed by atoms with Crippen molar-refractivity contribution in [3.63, 3.8) is 0 Å². The van der Waals surface area contributed by atoms with Crippen molar-refractivity contribution in [2.24, 2.45) is 5.10 Å². The Bertz CT molecular complexity index is 1280. The number of anilines is 1. The number of hydrogen-bond acceptors (Lipinski definition) is 8. The SMILES string of the molecule is Oc1ccc(-c2oc3cc(O)cc(O)c3/c(=N/Nc3ccccc3)c2O)c(O)c1. The minimum Gasteiger partial charge on any atom is -0.508 e. The van der Waals surface area contributed by atoms with Crippen molar-refractivity contribution in [3.8, 4) is 40.1 Å². The Morgan fingerprint density at radius 1 is 0.759 bits per heavy atom. The number of hydrogen-bond donors (Lipinski definition) is 6. The average Bonchev–Trinajstić information content (AvgIpc) is 2.68. The molecule has 0 saturated carbocycles. The predicted molar refractivity (Wildman–Crippen MR) is 106 cm³/mol. The molecule has 1 aromatic heterocycles. The van der Waals surface area contributed by atoms with E-state index in [1.165, 1.54) is 18.2 Å². The van der Waals surface area contributed by atoms with E-state index >= 15 is 0 Å². The summed E-state index contributed by atoms with van der Waals surface area (Å²) in [6, 6.07) is 15.0. The second-order valence-electron chi connectivity index (χ2n) is 6.26. The number of fused-ring (bicyclic) bond motifs is 1. The summed E-state index contributed by atoms with van der Waals surface area (Å²) in [7, 11) is 0. The molecule has 0 bridgehead atoms. The summed E-state index contributed by atoms with van der Waals surface area (Å²) < 4.78 is 5.65. The third kappa shape index (κ3) is 3.34. The number of phenolic OH excluding ortho intramolecular Hbond substituents is 4. The Morgan fingerprint density at radius 3 is 2.21 bits per heavy atom. The number of phenols is 4. The zero-order valence-electron chi connectivity index (χ0n) is 14.9. The zero-order valence-corrected chi connectivity index (χ0v) is 14.9. The molecule has 146 valence electrons. The second kappa shape index (κ2) is 7.01. The Morgan fingerprint density at radius 2 is 1.48 bits per heavy atom. The van der Waals surface area contributed by atoms with Gasteiger partial charge in [0, 0.05) is 18.2 Å². The van der Waals surface area contributed by atoms with Crippen molar-refractivity contribution >= 4 is 16.7 Å². The van der Waals surface area contributed by atoms with Crippen molar-refractivity contribution in [2.45, 2.75) is 0 Å². The van der Waals surface area contributed by atoms with Gasteiger partial charge in [0.2, 0.25) is 0 Å². The highest BCUT2D eigenvalue weighted by atomic mass is 16.4. The summed E-state index contributed by atoms with van der Waals surface area (Å²) >= 11 is 0. The predicted octanol–water partition coefficient (Wildman–Crippen LogP) is 3.56. The zero-order chi connectivity index (χ0) is 20.5. The molecule has 6 N–H and O–H groups in total. The van der Waals surface area contributed by atoms with E-state index in [1.807, 2.05) is 6.07 Å². The first-order valence-corrected chi connectivity index (χ1v) is 8.53. The van der Waals surface area contributed by atoms with Crippen LogP contribution in [0.5, 0.6) is 28.7 Å². The monoisotopic (exact) mass is 392 g/mol. The van der Waals surface area contributed by atoms with Gasteiger partial charge in [-0.05, 0) is 24.3 Å². The van der Waals surface area contributed by atoms with Crippen LogP contribution in [-0.2, 0) is 0 Å². The molecule has 1 heterocycles. The summed E-state index contributed by atoms with van der Waals surface area (Å²) in [5, 5.41) is 54.8. The van der Waals surface area contributed by atoms with E-state index in [0.717, 1.165) is 12.1 Å². The molecule has 4 rings (SSSR count). The van der Waals surface area contributed by atoms with Gasteiger partial charge in [-0.3, -0.25) is 5.43 Å². The van der Waals surface area contributed by atoms with Crippen molar-refractivity contribution in [2.75, 3.05) is 5.43 Å². The standard InChI is InChI=1S/C21H16N2O6/c24-12-6-7-14(15(26)8-12)21-20(28)19(23-22-11-4-2-1-3-5-11)18-16(27)9-13(25)10-17(18)29-21/h1-10,22,24-28H/b23-19-. The lowest BCUT2D eigenvalue weighted by atomic mass is 10.1. The first-order chi connectivity index (χ1) is 13.9. The third-order valence-electron chi connectivity index (χ3n) is 4.25. The van der Waals surface area contributed by atoms with Gasteiger partial charge in [0.25, 0.3) is 0 Å². The van der Waals surface area contributed by atoms with Crippen LogP contribution in [0.2, 0.25) is 0 Å². The van der Waals surface area contributed by atoms with Gasteiger partial charge < -0.3 is 29.9 Å². The first-order valence-electron chi connectivity index (χ1n) is 8.53. The van der Waals surface area contributed by atoms with Crippen LogP contribution >= 0.6 is 0 Å². The number of benzene rings is 3. The Hall–Kier alpha value is -4.33. The molecule has 8 heteroatoms. The van der Waals surface area contributed by atoms with E-state index in [0.29, 0.717) is 5.69 Å². The van der Waals surface area contributed by atoms with Crippen LogP contribution in [0.25, 0.3) is 22.3 Å². The highest BCUT2D eigenvalue weighted by Gasteiger charge is 2.20. The fraction of sp³-hybridized carbons (Fsp3) is 0. The van der Waals surface area contributed by atoms with Crippen LogP contribution in [0.1, 0.15) is 0 Å². The van der Waals surface area contributed by atoms with Crippen LogP contribution in [0.4, 0.5) is 5.69 Å². The maximum Gasteiger partial charge on any atom is 0.188 e. The van der Waals surface area contributed by atoms with Crippen molar-refractivity contribution < 1.29 is 29.9 Å². The minimum atomic E-state index is -0.456. The highest BCUT2D eigenvalue weighted by molar-refractivity contribution is 5.88. The minimum absolute atomic E-state index is 0.0244. The van der Waals surface area contributed by atoms with Crippen LogP contribution in [0.15, 0.2) is 70.2 Å². The molecule has 0 radical (unpaired) electrons. The number of nitrogens with zero attached hydrogens (tertiary/aromatic N) is 1. The van der Waals surface area contributed by atoms with Crippen molar-refractivity contribution in [3.05, 3.63) is 66.0 Å². The lowest BCUT2D eigenvalue weighted by Gasteiger charge is -2.11. The number of rotatable bonds is 3. The fourth-order valence-corrected chi connectivity index (χ4v) is 2.93. The molecular weight excluding hydrogens is 376 g/mol. The molecular formula is C21H16N2O6. The Labute approximate surface area is 163 Å². The summed E-state index contributed by atoms with van der Waals surface area (Å²) in [6.45, 7) is 0. The molecule has 0 unspecified atom stereocenters. The number of aromatic hydroxyl groups is 5. The summed E-state index contributed by atoms with van der Waals surface area (Å²) in [6.07, 6.45) is 0. The molecule has 8 nitrogen and oxygen atoms in total. The van der Waals surface area contributed by atoms with Gasteiger partial charge in [0.05, 0.1) is 16.6 Å². The third-order valence-corrected chi connectivity index (χ3v) is 4.25. The Kier molecular flexibility index (Phi) is 4.36. The molecule has 0 aliphatic heterocycles. The van der Waals surface area contributed by atoms with E-state index in [4.69, 9.17) is 4.42 Å². The van der Waals surface area contributed by atoms with Crippen molar-refractivity contribution in [1.29, 1.82) is 0 Å². The maximum absolute atomic E-state index is 10.8. The largest absolute Gasteiger partial charge is 0.508 e. The van der Waals surface area contributed by atoms with Crippen molar-refractivity contribution in [1.82, 2.24) is 0 Å². The van der Waals surface area contributed by atoms with E-state index in [2.05, 4.69) is 10.5 Å². The molecule has 0 atom stereocenters. The summed E-state index contributed by atoms with van der Waals surface area (Å²) in [5.74, 6) is -1.73. The smallest absolute Gasteiger partial charge is 0.188 e. The fourth-order valence-electron chi connectivity index (χ4n) is 2.93. The molecule has 0 spiro atoms. The topological polar surface area (TPSA) is 139 Å². The van der Waals surface area contributed by atoms with Gasteiger partial charge in [-0.1, -0.05) is 18.2 Å². The second-order valence-corrected chi connectivity index (χ2v) is 6.26. The maximum atomic E-state index is 10.8. The van der Waals surface area contributed by atoms with E-state index < -0.39 is 5.75 Å². The lowest BCUT2D eigenvalue weighted by molar-refractivity contribution is 0.432. The van der Waals surface area contributed by atoms with Gasteiger partial charge in [-0.25, -0.2) is 0 Å². The van der Waals surface area contributed by atoms with Crippen LogP contribution in [0, 0.1) is 0 Å².